The van der Waals surface area contributed by atoms with Crippen LogP contribution in [0.1, 0.15) is 37.9 Å². The van der Waals surface area contributed by atoms with Crippen LogP contribution < -0.4 is 24.4 Å². The van der Waals surface area contributed by atoms with E-state index in [-0.39, 0.29) is 28.7 Å². The van der Waals surface area contributed by atoms with E-state index in [0.29, 0.717) is 36.4 Å². The molecule has 0 saturated heterocycles. The molecule has 1 aliphatic rings. The van der Waals surface area contributed by atoms with Crippen molar-refractivity contribution in [3.8, 4) is 17.2 Å². The Labute approximate surface area is 233 Å². The molecule has 194 valence electrons. The average Bonchev–Trinajstić information content (AvgIpc) is 3.14. The number of hydrogen-bond acceptors (Lipinski definition) is 8. The van der Waals surface area contributed by atoms with Crippen molar-refractivity contribution in [1.29, 1.82) is 0 Å². The second-order valence-electron chi connectivity index (χ2n) is 8.48. The quantitative estimate of drug-likeness (QED) is 0.396. The fourth-order valence-corrected chi connectivity index (χ4v) is 5.94. The van der Waals surface area contributed by atoms with E-state index in [0.717, 1.165) is 4.47 Å². The summed E-state index contributed by atoms with van der Waals surface area (Å²) >= 11 is 8.01. The predicted molar refractivity (Wildman–Crippen MR) is 148 cm³/mol. The zero-order chi connectivity index (χ0) is 27.0. The molecule has 0 aliphatic carbocycles. The highest BCUT2D eigenvalue weighted by atomic mass is 79.9. The summed E-state index contributed by atoms with van der Waals surface area (Å²) in [4.78, 5) is 32.2. The highest BCUT2D eigenvalue weighted by molar-refractivity contribution is 9.10. The SMILES string of the molecule is COc1ccc(Br)cc1[C@@H]1C(C(=O)OC(C)C)=C(C)N=c2s/c(=C\c3cc(Br)c(O)c(OC)c3)c(=O)n21. The van der Waals surface area contributed by atoms with Gasteiger partial charge in [-0.3, -0.25) is 9.36 Å². The smallest absolute Gasteiger partial charge is 0.338 e. The minimum absolute atomic E-state index is 0.0354. The molecule has 1 atom stereocenters. The van der Waals surface area contributed by atoms with Crippen LogP contribution in [0.4, 0.5) is 0 Å². The van der Waals surface area contributed by atoms with Crippen molar-refractivity contribution in [3.63, 3.8) is 0 Å². The summed E-state index contributed by atoms with van der Waals surface area (Å²) in [5, 5.41) is 10.2. The first-order valence-corrected chi connectivity index (χ1v) is 13.6. The fourth-order valence-electron chi connectivity index (χ4n) is 4.06. The van der Waals surface area contributed by atoms with Crippen LogP contribution >= 0.6 is 43.2 Å². The molecule has 4 rings (SSSR count). The molecule has 2 heterocycles. The lowest BCUT2D eigenvalue weighted by Crippen LogP contribution is -2.40. The predicted octanol–water partition coefficient (Wildman–Crippen LogP) is 4.43. The molecule has 2 aromatic carbocycles. The van der Waals surface area contributed by atoms with E-state index < -0.39 is 12.0 Å². The van der Waals surface area contributed by atoms with Gasteiger partial charge in [0.05, 0.1) is 40.6 Å². The maximum absolute atomic E-state index is 13.9. The van der Waals surface area contributed by atoms with Crippen molar-refractivity contribution < 1.29 is 24.1 Å². The van der Waals surface area contributed by atoms with Crippen LogP contribution in [0.2, 0.25) is 0 Å². The number of aromatic nitrogens is 1. The maximum Gasteiger partial charge on any atom is 0.338 e. The first-order valence-electron chi connectivity index (χ1n) is 11.2. The summed E-state index contributed by atoms with van der Waals surface area (Å²) in [5.74, 6) is 0.191. The molecule has 3 aromatic rings. The second kappa shape index (κ2) is 10.8. The van der Waals surface area contributed by atoms with Crippen LogP contribution in [-0.4, -0.2) is 36.0 Å². The van der Waals surface area contributed by atoms with Gasteiger partial charge in [0, 0.05) is 10.0 Å². The number of benzene rings is 2. The average molecular weight is 652 g/mol. The number of fused-ring (bicyclic) bond motifs is 1. The Morgan fingerprint density at radius 1 is 1.16 bits per heavy atom. The minimum atomic E-state index is -0.821. The number of carbonyl (C=O) groups is 1. The Bertz CT molecular complexity index is 1610. The number of methoxy groups -OCH3 is 2. The number of aromatic hydroxyl groups is 1. The van der Waals surface area contributed by atoms with E-state index in [9.17, 15) is 14.7 Å². The molecule has 0 unspecified atom stereocenters. The molecule has 1 aromatic heterocycles. The molecule has 0 amide bonds. The van der Waals surface area contributed by atoms with Crippen LogP contribution in [0.25, 0.3) is 6.08 Å². The Balaban J connectivity index is 2.00. The van der Waals surface area contributed by atoms with Gasteiger partial charge in [0.1, 0.15) is 11.8 Å². The summed E-state index contributed by atoms with van der Waals surface area (Å²) in [5.41, 5.74) is 1.64. The van der Waals surface area contributed by atoms with Gasteiger partial charge >= 0.3 is 5.97 Å². The van der Waals surface area contributed by atoms with Gasteiger partial charge in [-0.15, -0.1) is 0 Å². The van der Waals surface area contributed by atoms with E-state index in [1.165, 1.54) is 30.1 Å². The number of thiazole rings is 1. The topological polar surface area (TPSA) is 99.4 Å². The standard InChI is InChI=1S/C26H24Br2N2O6S/c1-12(2)36-25(33)21-13(3)29-26-30(22(21)16-11-15(27)6-7-18(16)34-4)24(32)20(37-26)10-14-8-17(28)23(31)19(9-14)35-5/h6-12,22,31H,1-5H3/b20-10-/t22-/m1/s1. The summed E-state index contributed by atoms with van der Waals surface area (Å²) in [6.07, 6.45) is 1.34. The highest BCUT2D eigenvalue weighted by Gasteiger charge is 2.35. The van der Waals surface area contributed by atoms with Crippen molar-refractivity contribution in [2.24, 2.45) is 4.99 Å². The molecule has 8 nitrogen and oxygen atoms in total. The summed E-state index contributed by atoms with van der Waals surface area (Å²) < 4.78 is 19.5. The minimum Gasteiger partial charge on any atom is -0.503 e. The molecular formula is C26H24Br2N2O6S. The molecule has 0 radical (unpaired) electrons. The van der Waals surface area contributed by atoms with Gasteiger partial charge in [-0.2, -0.15) is 0 Å². The van der Waals surface area contributed by atoms with E-state index >= 15 is 0 Å². The number of hydrogen-bond donors (Lipinski definition) is 1. The van der Waals surface area contributed by atoms with Gasteiger partial charge in [0.2, 0.25) is 0 Å². The Morgan fingerprint density at radius 3 is 2.51 bits per heavy atom. The maximum atomic E-state index is 13.9. The van der Waals surface area contributed by atoms with Gasteiger partial charge in [0.15, 0.2) is 16.3 Å². The largest absolute Gasteiger partial charge is 0.503 e. The molecule has 1 N–H and O–H groups in total. The Kier molecular flexibility index (Phi) is 7.96. The molecule has 0 saturated carbocycles. The first kappa shape index (κ1) is 27.2. The Morgan fingerprint density at radius 2 is 1.86 bits per heavy atom. The lowest BCUT2D eigenvalue weighted by atomic mass is 9.95. The highest BCUT2D eigenvalue weighted by Crippen LogP contribution is 2.38. The van der Waals surface area contributed by atoms with E-state index in [1.807, 2.05) is 12.1 Å². The van der Waals surface area contributed by atoms with Gasteiger partial charge in [-0.1, -0.05) is 27.3 Å². The third kappa shape index (κ3) is 5.25. The summed E-state index contributed by atoms with van der Waals surface area (Å²) in [6, 6.07) is 7.91. The Hall–Kier alpha value is -2.89. The van der Waals surface area contributed by atoms with Crippen molar-refractivity contribution in [3.05, 3.63) is 81.4 Å². The number of carbonyl (C=O) groups excluding carboxylic acids is 1. The lowest BCUT2D eigenvalue weighted by Gasteiger charge is -2.26. The third-order valence-electron chi connectivity index (χ3n) is 5.64. The van der Waals surface area contributed by atoms with Crippen molar-refractivity contribution in [1.82, 2.24) is 4.57 Å². The second-order valence-corrected chi connectivity index (χ2v) is 11.3. The summed E-state index contributed by atoms with van der Waals surface area (Å²) in [6.45, 7) is 5.26. The molecule has 11 heteroatoms. The van der Waals surface area contributed by atoms with Gasteiger partial charge in [-0.05, 0) is 78.7 Å². The van der Waals surface area contributed by atoms with Crippen LogP contribution in [0, 0.1) is 0 Å². The molecular weight excluding hydrogens is 628 g/mol. The van der Waals surface area contributed by atoms with Crippen LogP contribution in [0.3, 0.4) is 0 Å². The monoisotopic (exact) mass is 650 g/mol. The first-order chi connectivity index (χ1) is 17.5. The van der Waals surface area contributed by atoms with E-state index in [1.54, 1.807) is 45.0 Å². The zero-order valence-corrected chi connectivity index (χ0v) is 24.7. The van der Waals surface area contributed by atoms with Crippen molar-refractivity contribution in [2.75, 3.05) is 14.2 Å². The molecule has 0 bridgehead atoms. The number of allylic oxidation sites excluding steroid dienone is 1. The lowest BCUT2D eigenvalue weighted by molar-refractivity contribution is -0.143. The van der Waals surface area contributed by atoms with Gasteiger partial charge in [0.25, 0.3) is 5.56 Å². The number of halogens is 2. The normalized spacial score (nSPS) is 15.5. The van der Waals surface area contributed by atoms with Crippen molar-refractivity contribution in [2.45, 2.75) is 32.9 Å². The molecule has 0 spiro atoms. The van der Waals surface area contributed by atoms with Crippen molar-refractivity contribution >= 4 is 55.2 Å². The van der Waals surface area contributed by atoms with Gasteiger partial charge < -0.3 is 19.3 Å². The number of ether oxygens (including phenoxy) is 3. The number of rotatable bonds is 6. The van der Waals surface area contributed by atoms with Crippen LogP contribution in [-0.2, 0) is 9.53 Å². The number of esters is 1. The molecule has 37 heavy (non-hydrogen) atoms. The van der Waals surface area contributed by atoms with E-state index in [2.05, 4.69) is 36.9 Å². The number of nitrogens with zero attached hydrogens (tertiary/aromatic N) is 2. The molecule has 1 aliphatic heterocycles. The number of phenols is 1. The van der Waals surface area contributed by atoms with Crippen LogP contribution in [0.15, 0.2) is 60.3 Å². The third-order valence-corrected chi connectivity index (χ3v) is 7.72. The van der Waals surface area contributed by atoms with E-state index in [4.69, 9.17) is 14.2 Å². The molecule has 0 fully saturated rings. The fraction of sp³-hybridized carbons (Fsp3) is 0.269. The summed E-state index contributed by atoms with van der Waals surface area (Å²) in [7, 11) is 2.99. The van der Waals surface area contributed by atoms with Crippen LogP contribution in [0.5, 0.6) is 17.2 Å². The van der Waals surface area contributed by atoms with Gasteiger partial charge in [-0.25, -0.2) is 9.79 Å². The number of phenolic OH excluding ortho intramolecular Hbond substituents is 1. The zero-order valence-electron chi connectivity index (χ0n) is 20.7.